The highest BCUT2D eigenvalue weighted by molar-refractivity contribution is 9.10. The van der Waals surface area contributed by atoms with Crippen molar-refractivity contribution in [1.29, 1.82) is 0 Å². The number of hydrogen-bond donors (Lipinski definition) is 2. The number of hydrogen-bond acceptors (Lipinski definition) is 2. The van der Waals surface area contributed by atoms with Crippen molar-refractivity contribution in [3.05, 3.63) is 22.2 Å². The first-order chi connectivity index (χ1) is 6.06. The van der Waals surface area contributed by atoms with Crippen LogP contribution in [0.4, 0.5) is 0 Å². The number of amides is 1. The van der Waals surface area contributed by atoms with E-state index in [1.165, 1.54) is 7.05 Å². The smallest absolute Gasteiger partial charge is 0.254 e. The van der Waals surface area contributed by atoms with Crippen LogP contribution in [0.15, 0.2) is 16.6 Å². The summed E-state index contributed by atoms with van der Waals surface area (Å²) < 4.78 is 0.779. The van der Waals surface area contributed by atoms with Crippen LogP contribution in [0.25, 0.3) is 0 Å². The zero-order chi connectivity index (χ0) is 10.0. The fourth-order valence-electron chi connectivity index (χ4n) is 1.04. The topological polar surface area (TPSA) is 49.3 Å². The van der Waals surface area contributed by atoms with Gasteiger partial charge in [-0.05, 0) is 11.5 Å². The highest BCUT2D eigenvalue weighted by Gasteiger charge is 2.11. The Morgan fingerprint density at radius 2 is 2.23 bits per heavy atom. The van der Waals surface area contributed by atoms with Crippen LogP contribution in [0.1, 0.15) is 10.4 Å². The van der Waals surface area contributed by atoms with E-state index < -0.39 is 0 Å². The van der Waals surface area contributed by atoms with E-state index in [1.807, 2.05) is 0 Å². The van der Waals surface area contributed by atoms with Gasteiger partial charge in [-0.3, -0.25) is 4.79 Å². The van der Waals surface area contributed by atoms with Crippen molar-refractivity contribution < 1.29 is 9.90 Å². The van der Waals surface area contributed by atoms with Crippen LogP contribution >= 0.6 is 15.9 Å². The molecule has 5 heteroatoms. The number of carbonyl (C=O) groups excluding carboxylic acids is 1. The first kappa shape index (κ1) is 10.1. The van der Waals surface area contributed by atoms with Crippen LogP contribution in [-0.2, 0) is 0 Å². The van der Waals surface area contributed by atoms with Gasteiger partial charge in [-0.1, -0.05) is 22.0 Å². The van der Waals surface area contributed by atoms with Crippen LogP contribution in [-0.4, -0.2) is 25.9 Å². The number of nitrogens with one attached hydrogen (secondary N) is 1. The molecule has 0 saturated heterocycles. The molecule has 0 unspecified atom stereocenters. The number of phenols is 1. The van der Waals surface area contributed by atoms with Crippen molar-refractivity contribution in [1.82, 2.24) is 5.32 Å². The molecular formula is C8H9BBrNO2. The van der Waals surface area contributed by atoms with E-state index in [1.54, 1.807) is 20.0 Å². The van der Waals surface area contributed by atoms with Crippen LogP contribution in [0.5, 0.6) is 5.75 Å². The van der Waals surface area contributed by atoms with E-state index in [4.69, 9.17) is 0 Å². The first-order valence-electron chi connectivity index (χ1n) is 3.77. The molecule has 0 saturated carbocycles. The number of halogens is 1. The molecule has 0 fully saturated rings. The normalized spacial score (nSPS) is 9.69. The average molecular weight is 242 g/mol. The van der Waals surface area contributed by atoms with Gasteiger partial charge in [0.25, 0.3) is 5.91 Å². The summed E-state index contributed by atoms with van der Waals surface area (Å²) in [6.45, 7) is 0. The molecule has 0 heterocycles. The quantitative estimate of drug-likeness (QED) is 0.668. The lowest BCUT2D eigenvalue weighted by atomic mass is 9.92. The second-order valence-electron chi connectivity index (χ2n) is 2.70. The van der Waals surface area contributed by atoms with Crippen molar-refractivity contribution >= 4 is 35.1 Å². The minimum atomic E-state index is -0.290. The Hall–Kier alpha value is -0.965. The van der Waals surface area contributed by atoms with Crippen LogP contribution < -0.4 is 10.8 Å². The number of rotatable bonds is 1. The lowest BCUT2D eigenvalue weighted by Crippen LogP contribution is -2.20. The fraction of sp³-hybridized carbons (Fsp3) is 0.125. The summed E-state index contributed by atoms with van der Waals surface area (Å²) in [5, 5.41) is 12.0. The molecule has 1 aromatic carbocycles. The standard InChI is InChI=1S/C8H9BBrNO2/c1-11-8(13)5-2-4(10)3-6(9)7(5)12/h2-3,12H,9H2,1H3,(H,11,13). The number of phenolic OH excluding ortho intramolecular Hbond substituents is 1. The maximum atomic E-state index is 11.2. The molecule has 0 spiro atoms. The Labute approximate surface area is 85.7 Å². The fourth-order valence-corrected chi connectivity index (χ4v) is 1.62. The van der Waals surface area contributed by atoms with Gasteiger partial charge in [0.1, 0.15) is 13.6 Å². The third-order valence-corrected chi connectivity index (χ3v) is 2.19. The highest BCUT2D eigenvalue weighted by Crippen LogP contribution is 2.18. The largest absolute Gasteiger partial charge is 0.508 e. The van der Waals surface area contributed by atoms with Gasteiger partial charge in [-0.2, -0.15) is 0 Å². The summed E-state index contributed by atoms with van der Waals surface area (Å²) in [5.41, 5.74) is 0.961. The summed E-state index contributed by atoms with van der Waals surface area (Å²) in [5.74, 6) is -0.260. The summed E-state index contributed by atoms with van der Waals surface area (Å²) in [7, 11) is 3.27. The molecule has 0 aromatic heterocycles. The van der Waals surface area contributed by atoms with E-state index in [-0.39, 0.29) is 17.2 Å². The summed E-state index contributed by atoms with van der Waals surface area (Å²) in [4.78, 5) is 11.2. The van der Waals surface area contributed by atoms with Gasteiger partial charge in [0.2, 0.25) is 0 Å². The molecule has 0 aliphatic heterocycles. The predicted octanol–water partition coefficient (Wildman–Crippen LogP) is -0.227. The van der Waals surface area contributed by atoms with Crippen LogP contribution in [0.2, 0.25) is 0 Å². The summed E-state index contributed by atoms with van der Waals surface area (Å²) in [6, 6.07) is 3.34. The van der Waals surface area contributed by atoms with E-state index >= 15 is 0 Å². The number of benzene rings is 1. The van der Waals surface area contributed by atoms with E-state index in [9.17, 15) is 9.90 Å². The maximum Gasteiger partial charge on any atom is 0.254 e. The number of carbonyl (C=O) groups is 1. The zero-order valence-electron chi connectivity index (χ0n) is 7.39. The minimum absolute atomic E-state index is 0.0301. The molecule has 13 heavy (non-hydrogen) atoms. The second-order valence-corrected chi connectivity index (χ2v) is 3.61. The van der Waals surface area contributed by atoms with Crippen molar-refractivity contribution in [3.8, 4) is 5.75 Å². The average Bonchev–Trinajstić information content (AvgIpc) is 2.10. The lowest BCUT2D eigenvalue weighted by molar-refractivity contribution is 0.0960. The first-order valence-corrected chi connectivity index (χ1v) is 4.56. The van der Waals surface area contributed by atoms with Gasteiger partial charge in [0.05, 0.1) is 5.56 Å². The molecule has 3 nitrogen and oxygen atoms in total. The maximum absolute atomic E-state index is 11.2. The molecule has 1 amide bonds. The van der Waals surface area contributed by atoms with E-state index in [2.05, 4.69) is 21.2 Å². The Kier molecular flexibility index (Phi) is 2.98. The van der Waals surface area contributed by atoms with Crippen molar-refractivity contribution in [2.24, 2.45) is 0 Å². The monoisotopic (exact) mass is 241 g/mol. The van der Waals surface area contributed by atoms with Gasteiger partial charge in [0, 0.05) is 11.5 Å². The van der Waals surface area contributed by atoms with Gasteiger partial charge < -0.3 is 10.4 Å². The van der Waals surface area contributed by atoms with E-state index in [0.29, 0.717) is 5.46 Å². The SMILES string of the molecule is Bc1cc(Br)cc(C(=O)NC)c1O. The Bertz CT molecular complexity index is 354. The molecular weight excluding hydrogens is 233 g/mol. The molecule has 0 bridgehead atoms. The molecule has 0 atom stereocenters. The Balaban J connectivity index is 3.28. The molecule has 68 valence electrons. The Morgan fingerprint density at radius 3 is 2.77 bits per heavy atom. The van der Waals surface area contributed by atoms with Gasteiger partial charge in [0.15, 0.2) is 0 Å². The third-order valence-electron chi connectivity index (χ3n) is 1.74. The van der Waals surface area contributed by atoms with Gasteiger partial charge in [-0.25, -0.2) is 0 Å². The van der Waals surface area contributed by atoms with Gasteiger partial charge in [-0.15, -0.1) is 0 Å². The highest BCUT2D eigenvalue weighted by atomic mass is 79.9. The number of aromatic hydroxyl groups is 1. The van der Waals surface area contributed by atoms with Crippen LogP contribution in [0, 0.1) is 0 Å². The Morgan fingerprint density at radius 1 is 1.62 bits per heavy atom. The lowest BCUT2D eigenvalue weighted by Gasteiger charge is -2.06. The minimum Gasteiger partial charge on any atom is -0.508 e. The summed E-state index contributed by atoms with van der Waals surface area (Å²) >= 11 is 3.25. The molecule has 0 aliphatic carbocycles. The molecule has 1 rings (SSSR count). The third kappa shape index (κ3) is 2.04. The van der Waals surface area contributed by atoms with Crippen molar-refractivity contribution in [3.63, 3.8) is 0 Å². The molecule has 1 aromatic rings. The van der Waals surface area contributed by atoms with Crippen molar-refractivity contribution in [2.75, 3.05) is 7.05 Å². The van der Waals surface area contributed by atoms with Crippen LogP contribution in [0.3, 0.4) is 0 Å². The zero-order valence-corrected chi connectivity index (χ0v) is 8.97. The van der Waals surface area contributed by atoms with Crippen molar-refractivity contribution in [2.45, 2.75) is 0 Å². The van der Waals surface area contributed by atoms with E-state index in [0.717, 1.165) is 4.47 Å². The predicted molar refractivity (Wildman–Crippen MR) is 57.4 cm³/mol. The molecule has 0 radical (unpaired) electrons. The molecule has 0 aliphatic rings. The summed E-state index contributed by atoms with van der Waals surface area (Å²) in [6.07, 6.45) is 0. The van der Waals surface area contributed by atoms with Gasteiger partial charge >= 0.3 is 0 Å². The molecule has 2 N–H and O–H groups in total. The second kappa shape index (κ2) is 3.83.